The van der Waals surface area contributed by atoms with Gasteiger partial charge in [-0.25, -0.2) is 13.1 Å². The van der Waals surface area contributed by atoms with Crippen LogP contribution in [-0.4, -0.2) is 24.7 Å². The van der Waals surface area contributed by atoms with E-state index >= 15 is 0 Å². The highest BCUT2D eigenvalue weighted by atomic mass is 32.2. The summed E-state index contributed by atoms with van der Waals surface area (Å²) >= 11 is 0. The Morgan fingerprint density at radius 3 is 2.35 bits per heavy atom. The summed E-state index contributed by atoms with van der Waals surface area (Å²) in [6.07, 6.45) is 1.59. The molecule has 1 N–H and O–H groups in total. The number of hydrogen-bond donors (Lipinski definition) is 1. The summed E-state index contributed by atoms with van der Waals surface area (Å²) in [5.74, 6) is 0.283. The second kappa shape index (κ2) is 5.18. The Morgan fingerprint density at radius 1 is 1.35 bits per heavy atom. The van der Waals surface area contributed by atoms with Crippen molar-refractivity contribution in [1.82, 2.24) is 14.5 Å². The maximum Gasteiger partial charge on any atom is 0.243 e. The molecule has 0 bridgehead atoms. The van der Waals surface area contributed by atoms with Gasteiger partial charge in [0.25, 0.3) is 0 Å². The molecule has 0 amide bonds. The van der Waals surface area contributed by atoms with Gasteiger partial charge in [-0.1, -0.05) is 13.8 Å². The monoisotopic (exact) mass is 259 g/mol. The third-order valence-corrected chi connectivity index (χ3v) is 3.90. The lowest BCUT2D eigenvalue weighted by atomic mass is 10.2. The fourth-order valence-corrected chi connectivity index (χ4v) is 2.73. The average molecular weight is 259 g/mol. The molecule has 17 heavy (non-hydrogen) atoms. The standard InChI is InChI=1S/C11H21N3O2S/c1-8(2)6-12-17(15,16)11-7-14(9(3)4)13-10(11)5/h7-9,12H,6H2,1-5H3. The average Bonchev–Trinajstić information content (AvgIpc) is 2.58. The molecule has 0 atom stereocenters. The molecule has 0 fully saturated rings. The zero-order chi connectivity index (χ0) is 13.2. The molecule has 98 valence electrons. The first-order valence-electron chi connectivity index (χ1n) is 5.79. The van der Waals surface area contributed by atoms with Crippen molar-refractivity contribution in [3.8, 4) is 0 Å². The van der Waals surface area contributed by atoms with Gasteiger partial charge in [-0.3, -0.25) is 4.68 Å². The fraction of sp³-hybridized carbons (Fsp3) is 0.727. The van der Waals surface area contributed by atoms with Crippen molar-refractivity contribution in [1.29, 1.82) is 0 Å². The summed E-state index contributed by atoms with van der Waals surface area (Å²) in [7, 11) is -3.43. The Kier molecular flexibility index (Phi) is 4.32. The van der Waals surface area contributed by atoms with Crippen LogP contribution in [0, 0.1) is 12.8 Å². The van der Waals surface area contributed by atoms with Gasteiger partial charge in [0, 0.05) is 18.8 Å². The first-order chi connectivity index (χ1) is 7.74. The molecule has 0 aromatic carbocycles. The van der Waals surface area contributed by atoms with Gasteiger partial charge in [0.05, 0.1) is 5.69 Å². The van der Waals surface area contributed by atoms with Gasteiger partial charge in [-0.05, 0) is 26.7 Å². The van der Waals surface area contributed by atoms with Crippen LogP contribution in [0.5, 0.6) is 0 Å². The molecular formula is C11H21N3O2S. The van der Waals surface area contributed by atoms with Crippen LogP contribution in [0.1, 0.15) is 39.4 Å². The normalized spacial score (nSPS) is 12.6. The zero-order valence-electron chi connectivity index (χ0n) is 11.1. The summed E-state index contributed by atoms with van der Waals surface area (Å²) in [4.78, 5) is 0.270. The van der Waals surface area contributed by atoms with Crippen molar-refractivity contribution >= 4 is 10.0 Å². The molecule has 1 aromatic rings. The SMILES string of the molecule is Cc1nn(C(C)C)cc1S(=O)(=O)NCC(C)C. The Bertz CT molecular complexity index is 475. The van der Waals surface area contributed by atoms with Crippen LogP contribution in [-0.2, 0) is 10.0 Å². The van der Waals surface area contributed by atoms with E-state index in [0.717, 1.165) is 0 Å². The molecule has 0 aliphatic carbocycles. The van der Waals surface area contributed by atoms with Gasteiger partial charge in [0.1, 0.15) is 4.90 Å². The number of nitrogens with one attached hydrogen (secondary N) is 1. The Morgan fingerprint density at radius 2 is 1.94 bits per heavy atom. The summed E-state index contributed by atoms with van der Waals surface area (Å²) in [6.45, 7) is 10.0. The van der Waals surface area contributed by atoms with E-state index in [-0.39, 0.29) is 16.9 Å². The quantitative estimate of drug-likeness (QED) is 0.875. The third kappa shape index (κ3) is 3.54. The van der Waals surface area contributed by atoms with E-state index < -0.39 is 10.0 Å². The third-order valence-electron chi connectivity index (χ3n) is 2.37. The van der Waals surface area contributed by atoms with Crippen molar-refractivity contribution in [2.24, 2.45) is 5.92 Å². The summed E-state index contributed by atoms with van der Waals surface area (Å²) < 4.78 is 28.3. The lowest BCUT2D eigenvalue weighted by molar-refractivity contribution is 0.528. The molecule has 0 aliphatic heterocycles. The van der Waals surface area contributed by atoms with Crippen LogP contribution in [0.4, 0.5) is 0 Å². The minimum absolute atomic E-state index is 0.155. The van der Waals surface area contributed by atoms with Crippen LogP contribution in [0.3, 0.4) is 0 Å². The molecular weight excluding hydrogens is 238 g/mol. The second-order valence-corrected chi connectivity index (χ2v) is 6.63. The molecule has 5 nitrogen and oxygen atoms in total. The van der Waals surface area contributed by atoms with Crippen LogP contribution < -0.4 is 4.72 Å². The largest absolute Gasteiger partial charge is 0.269 e. The number of sulfonamides is 1. The number of nitrogens with zero attached hydrogens (tertiary/aromatic N) is 2. The molecule has 0 aliphatic rings. The smallest absolute Gasteiger partial charge is 0.243 e. The zero-order valence-corrected chi connectivity index (χ0v) is 11.9. The molecule has 0 radical (unpaired) electrons. The highest BCUT2D eigenvalue weighted by Gasteiger charge is 2.20. The fourth-order valence-electron chi connectivity index (χ4n) is 1.35. The molecule has 0 saturated carbocycles. The summed E-state index contributed by atoms with van der Waals surface area (Å²) in [5, 5.41) is 4.20. The van der Waals surface area contributed by atoms with Crippen LogP contribution in [0.2, 0.25) is 0 Å². The predicted octanol–water partition coefficient (Wildman–Crippen LogP) is 1.71. The maximum atomic E-state index is 12.0. The first-order valence-corrected chi connectivity index (χ1v) is 7.27. The van der Waals surface area contributed by atoms with E-state index in [4.69, 9.17) is 0 Å². The topological polar surface area (TPSA) is 64.0 Å². The molecule has 0 spiro atoms. The van der Waals surface area contributed by atoms with E-state index in [1.54, 1.807) is 17.8 Å². The Labute approximate surface area is 103 Å². The van der Waals surface area contributed by atoms with Gasteiger partial charge in [0.2, 0.25) is 10.0 Å². The van der Waals surface area contributed by atoms with E-state index in [1.807, 2.05) is 27.7 Å². The van der Waals surface area contributed by atoms with Gasteiger partial charge in [-0.15, -0.1) is 0 Å². The van der Waals surface area contributed by atoms with Gasteiger partial charge >= 0.3 is 0 Å². The predicted molar refractivity (Wildman–Crippen MR) is 67.4 cm³/mol. The maximum absolute atomic E-state index is 12.0. The minimum atomic E-state index is -3.43. The van der Waals surface area contributed by atoms with Crippen molar-refractivity contribution in [2.75, 3.05) is 6.54 Å². The van der Waals surface area contributed by atoms with Crippen molar-refractivity contribution in [3.63, 3.8) is 0 Å². The van der Waals surface area contributed by atoms with Crippen molar-refractivity contribution in [2.45, 2.75) is 45.6 Å². The molecule has 0 unspecified atom stereocenters. The molecule has 1 heterocycles. The van der Waals surface area contributed by atoms with Crippen molar-refractivity contribution < 1.29 is 8.42 Å². The number of hydrogen-bond acceptors (Lipinski definition) is 3. The van der Waals surface area contributed by atoms with Crippen molar-refractivity contribution in [3.05, 3.63) is 11.9 Å². The Hall–Kier alpha value is -0.880. The second-order valence-electron chi connectivity index (χ2n) is 4.90. The van der Waals surface area contributed by atoms with Gasteiger partial charge in [0.15, 0.2) is 0 Å². The Balaban J connectivity index is 2.99. The number of rotatable bonds is 5. The lowest BCUT2D eigenvalue weighted by Gasteiger charge is -2.07. The van der Waals surface area contributed by atoms with Gasteiger partial charge < -0.3 is 0 Å². The molecule has 0 saturated heterocycles. The lowest BCUT2D eigenvalue weighted by Crippen LogP contribution is -2.27. The van der Waals surface area contributed by atoms with Crippen LogP contribution >= 0.6 is 0 Å². The minimum Gasteiger partial charge on any atom is -0.269 e. The van der Waals surface area contributed by atoms with E-state index in [9.17, 15) is 8.42 Å². The highest BCUT2D eigenvalue weighted by molar-refractivity contribution is 7.89. The van der Waals surface area contributed by atoms with E-state index in [1.165, 1.54) is 0 Å². The van der Waals surface area contributed by atoms with Crippen LogP contribution in [0.25, 0.3) is 0 Å². The molecule has 6 heteroatoms. The van der Waals surface area contributed by atoms with Gasteiger partial charge in [-0.2, -0.15) is 5.10 Å². The number of aromatic nitrogens is 2. The molecule has 1 rings (SSSR count). The number of aryl methyl sites for hydroxylation is 1. The summed E-state index contributed by atoms with van der Waals surface area (Å²) in [6, 6.07) is 0.155. The highest BCUT2D eigenvalue weighted by Crippen LogP contribution is 2.16. The first kappa shape index (κ1) is 14.2. The van der Waals surface area contributed by atoms with E-state index in [2.05, 4.69) is 9.82 Å². The van der Waals surface area contributed by atoms with E-state index in [0.29, 0.717) is 12.2 Å². The molecule has 1 aromatic heterocycles. The summed E-state index contributed by atoms with van der Waals surface area (Å²) in [5.41, 5.74) is 0.537. The van der Waals surface area contributed by atoms with Crippen LogP contribution in [0.15, 0.2) is 11.1 Å².